The standard InChI is InChI=1S/C19H21F3N2O4S2/c20-19(21,22)28-16-9-7-15(8-10-16)24-18(25)14-5-3-13(4-6-14)12-23-30(26,27)17-2-1-11-29-17/h1-2,7-11,13-14,23H,3-6,12H2,(H,24,25). The van der Waals surface area contributed by atoms with E-state index in [1.54, 1.807) is 17.5 Å². The third kappa shape index (κ3) is 6.44. The maximum absolute atomic E-state index is 12.4. The molecular weight excluding hydrogens is 441 g/mol. The van der Waals surface area contributed by atoms with E-state index in [9.17, 15) is 26.4 Å². The summed E-state index contributed by atoms with van der Waals surface area (Å²) in [6, 6.07) is 8.21. The highest BCUT2D eigenvalue weighted by Crippen LogP contribution is 2.30. The molecule has 0 aliphatic heterocycles. The number of rotatable bonds is 7. The van der Waals surface area contributed by atoms with Crippen LogP contribution in [0.15, 0.2) is 46.0 Å². The largest absolute Gasteiger partial charge is 0.573 e. The number of anilines is 1. The topological polar surface area (TPSA) is 84.5 Å². The Morgan fingerprint density at radius 2 is 1.77 bits per heavy atom. The number of hydrogen-bond donors (Lipinski definition) is 2. The molecule has 1 aliphatic rings. The van der Waals surface area contributed by atoms with Gasteiger partial charge in [0.1, 0.15) is 9.96 Å². The van der Waals surface area contributed by atoms with Crippen molar-refractivity contribution in [3.05, 3.63) is 41.8 Å². The first kappa shape index (κ1) is 22.6. The first-order valence-electron chi connectivity index (χ1n) is 9.32. The van der Waals surface area contributed by atoms with Gasteiger partial charge in [-0.1, -0.05) is 6.07 Å². The number of alkyl halides is 3. The molecule has 0 atom stereocenters. The average Bonchev–Trinajstić information content (AvgIpc) is 3.23. The highest BCUT2D eigenvalue weighted by atomic mass is 32.2. The molecule has 0 spiro atoms. The molecule has 0 saturated heterocycles. The van der Waals surface area contributed by atoms with Gasteiger partial charge in [0.15, 0.2) is 0 Å². The predicted octanol–water partition coefficient (Wildman–Crippen LogP) is 4.37. The normalized spacial score (nSPS) is 20.0. The number of carbonyl (C=O) groups is 1. The zero-order valence-corrected chi connectivity index (χ0v) is 17.4. The molecule has 1 aromatic heterocycles. The fourth-order valence-electron chi connectivity index (χ4n) is 3.33. The van der Waals surface area contributed by atoms with Gasteiger partial charge in [0, 0.05) is 18.2 Å². The van der Waals surface area contributed by atoms with Gasteiger partial charge in [-0.3, -0.25) is 4.79 Å². The van der Waals surface area contributed by atoms with Gasteiger partial charge in [0.05, 0.1) is 0 Å². The first-order valence-corrected chi connectivity index (χ1v) is 11.7. The summed E-state index contributed by atoms with van der Waals surface area (Å²) in [5.74, 6) is -0.619. The van der Waals surface area contributed by atoms with Crippen LogP contribution >= 0.6 is 11.3 Å². The second kappa shape index (κ2) is 9.36. The van der Waals surface area contributed by atoms with Crippen molar-refractivity contribution in [1.82, 2.24) is 4.72 Å². The van der Waals surface area contributed by atoms with E-state index in [0.717, 1.165) is 23.5 Å². The van der Waals surface area contributed by atoms with Crippen molar-refractivity contribution in [1.29, 1.82) is 0 Å². The van der Waals surface area contributed by atoms with Crippen LogP contribution in [0.5, 0.6) is 5.75 Å². The lowest BCUT2D eigenvalue weighted by Crippen LogP contribution is -2.33. The fraction of sp³-hybridized carbons (Fsp3) is 0.421. The minimum absolute atomic E-state index is 0.155. The van der Waals surface area contributed by atoms with Crippen LogP contribution in [-0.4, -0.2) is 27.2 Å². The molecule has 0 unspecified atom stereocenters. The Labute approximate surface area is 176 Å². The Hall–Kier alpha value is -2.11. The molecule has 1 fully saturated rings. The van der Waals surface area contributed by atoms with Crippen LogP contribution in [0.2, 0.25) is 0 Å². The third-order valence-corrected chi connectivity index (χ3v) is 7.72. The van der Waals surface area contributed by atoms with E-state index in [-0.39, 0.29) is 27.7 Å². The number of thiophene rings is 1. The highest BCUT2D eigenvalue weighted by molar-refractivity contribution is 7.91. The van der Waals surface area contributed by atoms with Crippen molar-refractivity contribution in [2.45, 2.75) is 36.3 Å². The molecule has 2 aromatic rings. The van der Waals surface area contributed by atoms with E-state index in [1.807, 2.05) is 0 Å². The van der Waals surface area contributed by atoms with Gasteiger partial charge in [-0.2, -0.15) is 0 Å². The molecule has 0 bridgehead atoms. The number of benzene rings is 1. The zero-order valence-electron chi connectivity index (χ0n) is 15.8. The molecule has 1 heterocycles. The fourth-order valence-corrected chi connectivity index (χ4v) is 5.48. The van der Waals surface area contributed by atoms with Crippen LogP contribution < -0.4 is 14.8 Å². The Kier molecular flexibility index (Phi) is 7.04. The number of ether oxygens (including phenoxy) is 1. The number of hydrogen-bond acceptors (Lipinski definition) is 5. The maximum Gasteiger partial charge on any atom is 0.573 e. The van der Waals surface area contributed by atoms with Crippen LogP contribution in [0, 0.1) is 11.8 Å². The monoisotopic (exact) mass is 462 g/mol. The Morgan fingerprint density at radius 1 is 1.10 bits per heavy atom. The second-order valence-electron chi connectivity index (χ2n) is 7.06. The number of halogens is 3. The van der Waals surface area contributed by atoms with Gasteiger partial charge in [0.25, 0.3) is 0 Å². The molecule has 2 N–H and O–H groups in total. The molecule has 164 valence electrons. The molecule has 1 saturated carbocycles. The summed E-state index contributed by atoms with van der Waals surface area (Å²) in [5.41, 5.74) is 0.389. The molecule has 1 aliphatic carbocycles. The quantitative estimate of drug-likeness (QED) is 0.640. The van der Waals surface area contributed by atoms with Crippen molar-refractivity contribution in [2.75, 3.05) is 11.9 Å². The summed E-state index contributed by atoms with van der Waals surface area (Å²) in [6.07, 6.45) is -2.10. The zero-order chi connectivity index (χ0) is 21.8. The molecule has 30 heavy (non-hydrogen) atoms. The predicted molar refractivity (Wildman–Crippen MR) is 107 cm³/mol. The molecule has 3 rings (SSSR count). The summed E-state index contributed by atoms with van der Waals surface area (Å²) >= 11 is 1.16. The number of carbonyl (C=O) groups excluding carboxylic acids is 1. The lowest BCUT2D eigenvalue weighted by molar-refractivity contribution is -0.274. The minimum atomic E-state index is -4.76. The van der Waals surface area contributed by atoms with Gasteiger partial charge in [-0.15, -0.1) is 24.5 Å². The Bertz CT molecular complexity index is 937. The average molecular weight is 463 g/mol. The van der Waals surface area contributed by atoms with Crippen LogP contribution in [0.3, 0.4) is 0 Å². The van der Waals surface area contributed by atoms with E-state index in [4.69, 9.17) is 0 Å². The van der Waals surface area contributed by atoms with Crippen molar-refractivity contribution in [3.63, 3.8) is 0 Å². The summed E-state index contributed by atoms with van der Waals surface area (Å²) in [4.78, 5) is 12.4. The second-order valence-corrected chi connectivity index (χ2v) is 10.0. The molecule has 1 aromatic carbocycles. The van der Waals surface area contributed by atoms with Gasteiger partial charge in [-0.25, -0.2) is 13.1 Å². The van der Waals surface area contributed by atoms with Gasteiger partial charge in [-0.05, 0) is 67.3 Å². The number of nitrogens with one attached hydrogen (secondary N) is 2. The van der Waals surface area contributed by atoms with Crippen molar-refractivity contribution in [3.8, 4) is 5.75 Å². The minimum Gasteiger partial charge on any atom is -0.406 e. The molecule has 1 amide bonds. The number of sulfonamides is 1. The van der Waals surface area contributed by atoms with Gasteiger partial charge >= 0.3 is 6.36 Å². The van der Waals surface area contributed by atoms with Crippen LogP contribution in [-0.2, 0) is 14.8 Å². The summed E-state index contributed by atoms with van der Waals surface area (Å²) < 4.78 is 67.6. The smallest absolute Gasteiger partial charge is 0.406 e. The van der Waals surface area contributed by atoms with Crippen LogP contribution in [0.1, 0.15) is 25.7 Å². The summed E-state index contributed by atoms with van der Waals surface area (Å²) in [5, 5.41) is 4.41. The van der Waals surface area contributed by atoms with Crippen molar-refractivity contribution < 1.29 is 31.1 Å². The molecule has 11 heteroatoms. The Morgan fingerprint density at radius 3 is 2.33 bits per heavy atom. The summed E-state index contributed by atoms with van der Waals surface area (Å²) in [7, 11) is -3.49. The maximum atomic E-state index is 12.4. The third-order valence-electron chi connectivity index (χ3n) is 4.89. The van der Waals surface area contributed by atoms with Crippen LogP contribution in [0.4, 0.5) is 18.9 Å². The first-order chi connectivity index (χ1) is 14.1. The SMILES string of the molecule is O=C(Nc1ccc(OC(F)(F)F)cc1)C1CCC(CNS(=O)(=O)c2cccs2)CC1. The number of amides is 1. The van der Waals surface area contributed by atoms with E-state index < -0.39 is 16.4 Å². The van der Waals surface area contributed by atoms with Gasteiger partial charge in [0.2, 0.25) is 15.9 Å². The highest BCUT2D eigenvalue weighted by Gasteiger charge is 2.31. The van der Waals surface area contributed by atoms with E-state index >= 15 is 0 Å². The Balaban J connectivity index is 1.44. The summed E-state index contributed by atoms with van der Waals surface area (Å²) in [6.45, 7) is 0.329. The van der Waals surface area contributed by atoms with Gasteiger partial charge < -0.3 is 10.1 Å². The molecular formula is C19H21F3N2O4S2. The van der Waals surface area contributed by atoms with Crippen molar-refractivity contribution in [2.24, 2.45) is 11.8 Å². The lowest BCUT2D eigenvalue weighted by atomic mass is 9.81. The lowest BCUT2D eigenvalue weighted by Gasteiger charge is -2.27. The van der Waals surface area contributed by atoms with E-state index in [1.165, 1.54) is 12.1 Å². The van der Waals surface area contributed by atoms with E-state index in [2.05, 4.69) is 14.8 Å². The molecule has 6 nitrogen and oxygen atoms in total. The van der Waals surface area contributed by atoms with Crippen molar-refractivity contribution >= 4 is 33.0 Å². The molecule has 0 radical (unpaired) electrons. The van der Waals surface area contributed by atoms with Crippen LogP contribution in [0.25, 0.3) is 0 Å². The van der Waals surface area contributed by atoms with E-state index in [0.29, 0.717) is 37.9 Å².